The molecule has 5 heteroatoms. The van der Waals surface area contributed by atoms with Crippen LogP contribution in [-0.4, -0.2) is 47.7 Å². The molecule has 1 heterocycles. The molecule has 1 aliphatic rings. The number of rotatable bonds is 4. The molecule has 0 unspecified atom stereocenters. The second kappa shape index (κ2) is 7.09. The van der Waals surface area contributed by atoms with Crippen LogP contribution < -0.4 is 5.32 Å². The predicted octanol–water partition coefficient (Wildman–Crippen LogP) is 0.635. The number of nitrogens with one attached hydrogen (secondary N) is 1. The van der Waals surface area contributed by atoms with Crippen molar-refractivity contribution in [1.82, 2.24) is 10.2 Å². The Morgan fingerprint density at radius 1 is 1.56 bits per heavy atom. The van der Waals surface area contributed by atoms with E-state index in [1.54, 1.807) is 0 Å². The van der Waals surface area contributed by atoms with Crippen molar-refractivity contribution in [2.24, 2.45) is 5.92 Å². The summed E-state index contributed by atoms with van der Waals surface area (Å²) in [6.07, 6.45) is 0.185. The molecule has 0 spiro atoms. The number of aliphatic hydroxyl groups is 1. The lowest BCUT2D eigenvalue weighted by Gasteiger charge is -2.25. The van der Waals surface area contributed by atoms with Crippen LogP contribution in [0, 0.1) is 5.92 Å². The molecule has 0 saturated carbocycles. The summed E-state index contributed by atoms with van der Waals surface area (Å²) in [5.41, 5.74) is 0. The number of halogens is 1. The van der Waals surface area contributed by atoms with Crippen molar-refractivity contribution in [2.75, 3.05) is 19.6 Å². The average molecular weight is 251 g/mol. The lowest BCUT2D eigenvalue weighted by molar-refractivity contribution is -0.133. The lowest BCUT2D eigenvalue weighted by atomic mass is 10.1. The maximum Gasteiger partial charge on any atom is 0.239 e. The van der Waals surface area contributed by atoms with Crippen molar-refractivity contribution in [3.63, 3.8) is 0 Å². The summed E-state index contributed by atoms with van der Waals surface area (Å²) in [6.45, 7) is 8.27. The summed E-state index contributed by atoms with van der Waals surface area (Å²) in [4.78, 5) is 13.9. The van der Waals surface area contributed by atoms with Crippen LogP contribution in [0.15, 0.2) is 0 Å². The normalized spacial score (nSPS) is 24.3. The molecule has 96 valence electrons. The van der Waals surface area contributed by atoms with Crippen molar-refractivity contribution in [3.8, 4) is 0 Å². The van der Waals surface area contributed by atoms with E-state index in [2.05, 4.69) is 19.2 Å². The topological polar surface area (TPSA) is 52.6 Å². The Labute approximate surface area is 104 Å². The van der Waals surface area contributed by atoms with Crippen LogP contribution in [0.25, 0.3) is 0 Å². The van der Waals surface area contributed by atoms with Gasteiger partial charge in [-0.25, -0.2) is 0 Å². The molecule has 2 N–H and O–H groups in total. The van der Waals surface area contributed by atoms with Gasteiger partial charge in [0.1, 0.15) is 0 Å². The summed E-state index contributed by atoms with van der Waals surface area (Å²) < 4.78 is 0. The molecule has 1 fully saturated rings. The second-order valence-corrected chi connectivity index (χ2v) is 4.62. The molecule has 0 aliphatic carbocycles. The number of carbonyl (C=O) groups excluding carboxylic acids is 1. The number of carbonyl (C=O) groups is 1. The van der Waals surface area contributed by atoms with Gasteiger partial charge in [-0.2, -0.15) is 0 Å². The van der Waals surface area contributed by atoms with Crippen molar-refractivity contribution < 1.29 is 9.90 Å². The minimum atomic E-state index is -0.364. The molecule has 2 atom stereocenters. The summed E-state index contributed by atoms with van der Waals surface area (Å²) in [5, 5.41) is 12.4. The predicted molar refractivity (Wildman–Crippen MR) is 66.8 cm³/mol. The summed E-state index contributed by atoms with van der Waals surface area (Å²) >= 11 is 0. The summed E-state index contributed by atoms with van der Waals surface area (Å²) in [6, 6.07) is -0.182. The maximum atomic E-state index is 12.0. The van der Waals surface area contributed by atoms with E-state index in [4.69, 9.17) is 0 Å². The van der Waals surface area contributed by atoms with Gasteiger partial charge >= 0.3 is 0 Å². The van der Waals surface area contributed by atoms with Crippen LogP contribution in [0.4, 0.5) is 0 Å². The second-order valence-electron chi connectivity index (χ2n) is 4.62. The van der Waals surface area contributed by atoms with Crippen LogP contribution in [0.3, 0.4) is 0 Å². The third kappa shape index (κ3) is 4.28. The van der Waals surface area contributed by atoms with E-state index in [1.807, 2.05) is 11.8 Å². The standard InChI is InChI=1S/C11H22N2O2.ClH/c1-4-13(7-8(2)3)11(15)10-5-9(14)6-12-10;/h8-10,12,14H,4-7H2,1-3H3;1H/t9-,10+;/m0./s1. The van der Waals surface area contributed by atoms with E-state index in [9.17, 15) is 9.90 Å². The quantitative estimate of drug-likeness (QED) is 0.770. The summed E-state index contributed by atoms with van der Waals surface area (Å²) in [7, 11) is 0. The summed E-state index contributed by atoms with van der Waals surface area (Å²) in [5.74, 6) is 0.614. The molecule has 1 aliphatic heterocycles. The molecular formula is C11H23ClN2O2. The highest BCUT2D eigenvalue weighted by molar-refractivity contribution is 5.85. The van der Waals surface area contributed by atoms with Gasteiger partial charge in [0, 0.05) is 19.6 Å². The number of hydrogen-bond acceptors (Lipinski definition) is 3. The highest BCUT2D eigenvalue weighted by Gasteiger charge is 2.30. The van der Waals surface area contributed by atoms with E-state index < -0.39 is 0 Å². The first kappa shape index (κ1) is 15.7. The van der Waals surface area contributed by atoms with Crippen LogP contribution in [0.5, 0.6) is 0 Å². The van der Waals surface area contributed by atoms with Crippen LogP contribution in [0.2, 0.25) is 0 Å². The zero-order valence-corrected chi connectivity index (χ0v) is 11.1. The smallest absolute Gasteiger partial charge is 0.239 e. The van der Waals surface area contributed by atoms with Gasteiger partial charge < -0.3 is 15.3 Å². The molecule has 4 nitrogen and oxygen atoms in total. The molecule has 1 rings (SSSR count). The Morgan fingerprint density at radius 2 is 2.19 bits per heavy atom. The first-order valence-corrected chi connectivity index (χ1v) is 5.74. The Balaban J connectivity index is 0.00000225. The van der Waals surface area contributed by atoms with E-state index in [0.717, 1.165) is 13.1 Å². The number of amides is 1. The number of nitrogens with zero attached hydrogens (tertiary/aromatic N) is 1. The van der Waals surface area contributed by atoms with E-state index >= 15 is 0 Å². The van der Waals surface area contributed by atoms with Crippen LogP contribution >= 0.6 is 12.4 Å². The first-order chi connectivity index (χ1) is 7.04. The van der Waals surface area contributed by atoms with Crippen LogP contribution in [0.1, 0.15) is 27.2 Å². The molecule has 16 heavy (non-hydrogen) atoms. The number of hydrogen-bond donors (Lipinski definition) is 2. The van der Waals surface area contributed by atoms with E-state index in [-0.39, 0.29) is 30.5 Å². The fourth-order valence-electron chi connectivity index (χ4n) is 1.94. The van der Waals surface area contributed by atoms with E-state index in [0.29, 0.717) is 18.9 Å². The minimum absolute atomic E-state index is 0. The minimum Gasteiger partial charge on any atom is -0.392 e. The first-order valence-electron chi connectivity index (χ1n) is 5.74. The Hall–Kier alpha value is -0.320. The monoisotopic (exact) mass is 250 g/mol. The van der Waals surface area contributed by atoms with Gasteiger partial charge in [-0.15, -0.1) is 12.4 Å². The zero-order valence-electron chi connectivity index (χ0n) is 10.3. The lowest BCUT2D eigenvalue weighted by Crippen LogP contribution is -2.44. The Morgan fingerprint density at radius 3 is 2.56 bits per heavy atom. The zero-order chi connectivity index (χ0) is 11.4. The van der Waals surface area contributed by atoms with Gasteiger partial charge in [0.05, 0.1) is 12.1 Å². The highest BCUT2D eigenvalue weighted by atomic mass is 35.5. The van der Waals surface area contributed by atoms with Gasteiger partial charge in [0.25, 0.3) is 0 Å². The average Bonchev–Trinajstić information content (AvgIpc) is 2.60. The molecule has 0 bridgehead atoms. The third-order valence-electron chi connectivity index (χ3n) is 2.68. The SMILES string of the molecule is CCN(CC(C)C)C(=O)[C@H]1C[C@H](O)CN1.Cl. The van der Waals surface area contributed by atoms with Gasteiger partial charge in [-0.1, -0.05) is 13.8 Å². The highest BCUT2D eigenvalue weighted by Crippen LogP contribution is 2.10. The maximum absolute atomic E-state index is 12.0. The number of likely N-dealkylation sites (N-methyl/N-ethyl adjacent to an activating group) is 1. The third-order valence-corrected chi connectivity index (χ3v) is 2.68. The van der Waals surface area contributed by atoms with Gasteiger partial charge in [0.15, 0.2) is 0 Å². The molecule has 0 aromatic heterocycles. The van der Waals surface area contributed by atoms with Gasteiger partial charge in [-0.3, -0.25) is 4.79 Å². The number of aliphatic hydroxyl groups excluding tert-OH is 1. The van der Waals surface area contributed by atoms with Crippen molar-refractivity contribution in [2.45, 2.75) is 39.3 Å². The molecule has 0 aromatic rings. The number of β-amino-alcohol motifs (C(OH)–C–C–N with tert-alkyl or cyclic N) is 1. The largest absolute Gasteiger partial charge is 0.392 e. The molecule has 0 radical (unpaired) electrons. The van der Waals surface area contributed by atoms with Crippen molar-refractivity contribution >= 4 is 18.3 Å². The van der Waals surface area contributed by atoms with Gasteiger partial charge in [-0.05, 0) is 19.3 Å². The molecule has 1 saturated heterocycles. The molecule has 0 aromatic carbocycles. The fourth-order valence-corrected chi connectivity index (χ4v) is 1.94. The van der Waals surface area contributed by atoms with Gasteiger partial charge in [0.2, 0.25) is 5.91 Å². The molecule has 1 amide bonds. The Bertz CT molecular complexity index is 224. The Kier molecular flexibility index (Phi) is 6.95. The van der Waals surface area contributed by atoms with E-state index in [1.165, 1.54) is 0 Å². The molecular weight excluding hydrogens is 228 g/mol. The van der Waals surface area contributed by atoms with Crippen molar-refractivity contribution in [3.05, 3.63) is 0 Å². The van der Waals surface area contributed by atoms with Crippen molar-refractivity contribution in [1.29, 1.82) is 0 Å². The fraction of sp³-hybridized carbons (Fsp3) is 0.909. The van der Waals surface area contributed by atoms with Crippen LogP contribution in [-0.2, 0) is 4.79 Å².